The van der Waals surface area contributed by atoms with Gasteiger partial charge in [0.1, 0.15) is 0 Å². The van der Waals surface area contributed by atoms with Crippen LogP contribution in [0, 0.1) is 5.92 Å². The van der Waals surface area contributed by atoms with Gasteiger partial charge in [0.15, 0.2) is 0 Å². The lowest BCUT2D eigenvalue weighted by molar-refractivity contribution is 0.434. The van der Waals surface area contributed by atoms with Gasteiger partial charge in [-0.3, -0.25) is 0 Å². The summed E-state index contributed by atoms with van der Waals surface area (Å²) in [7, 11) is 0. The molecule has 2 rings (SSSR count). The van der Waals surface area contributed by atoms with Crippen LogP contribution in [-0.4, -0.2) is 23.1 Å². The first kappa shape index (κ1) is 10.7. The number of nitrogens with zero attached hydrogens (tertiary/aromatic N) is 3. The summed E-state index contributed by atoms with van der Waals surface area (Å²) in [4.78, 5) is 10.9. The van der Waals surface area contributed by atoms with Gasteiger partial charge in [0.25, 0.3) is 0 Å². The number of anilines is 1. The molecule has 1 saturated heterocycles. The molecule has 0 aromatic carbocycles. The number of aromatic nitrogens is 2. The molecular formula is C11H16ClN3. The van der Waals surface area contributed by atoms with Crippen LogP contribution >= 0.6 is 11.6 Å². The van der Waals surface area contributed by atoms with Gasteiger partial charge in [0.05, 0.1) is 5.88 Å². The summed E-state index contributed by atoms with van der Waals surface area (Å²) in [5, 5.41) is 0. The Morgan fingerprint density at radius 1 is 1.33 bits per heavy atom. The zero-order valence-electron chi connectivity index (χ0n) is 8.99. The lowest BCUT2D eigenvalue weighted by atomic mass is 10.00. The predicted molar refractivity (Wildman–Crippen MR) is 62.2 cm³/mol. The van der Waals surface area contributed by atoms with Crippen LogP contribution in [0.25, 0.3) is 0 Å². The fraction of sp³-hybridized carbons (Fsp3) is 0.636. The molecule has 2 heterocycles. The molecule has 0 radical (unpaired) electrons. The van der Waals surface area contributed by atoms with Crippen molar-refractivity contribution in [2.45, 2.75) is 25.6 Å². The van der Waals surface area contributed by atoms with Gasteiger partial charge in [-0.05, 0) is 18.8 Å². The highest BCUT2D eigenvalue weighted by Gasteiger charge is 2.17. The van der Waals surface area contributed by atoms with Crippen LogP contribution < -0.4 is 4.90 Å². The Hall–Kier alpha value is -0.830. The van der Waals surface area contributed by atoms with Crippen molar-refractivity contribution >= 4 is 17.5 Å². The highest BCUT2D eigenvalue weighted by Crippen LogP contribution is 2.19. The van der Waals surface area contributed by atoms with E-state index in [-0.39, 0.29) is 0 Å². The third-order valence-corrected chi connectivity index (χ3v) is 3.22. The summed E-state index contributed by atoms with van der Waals surface area (Å²) in [5.74, 6) is 2.16. The molecule has 1 aliphatic rings. The SMILES string of the molecule is CC1CCN(c2ncc(CCl)cn2)CC1. The quantitative estimate of drug-likeness (QED) is 0.724. The van der Waals surface area contributed by atoms with Gasteiger partial charge in [-0.25, -0.2) is 9.97 Å². The van der Waals surface area contributed by atoms with E-state index in [1.165, 1.54) is 12.8 Å². The maximum Gasteiger partial charge on any atom is 0.225 e. The van der Waals surface area contributed by atoms with Crippen LogP contribution in [-0.2, 0) is 5.88 Å². The Morgan fingerprint density at radius 2 is 1.93 bits per heavy atom. The standard InChI is InChI=1S/C11H16ClN3/c1-9-2-4-15(5-3-9)11-13-7-10(6-12)8-14-11/h7-9H,2-6H2,1H3. The third kappa shape index (κ3) is 2.59. The number of halogens is 1. The summed E-state index contributed by atoms with van der Waals surface area (Å²) in [6, 6.07) is 0. The first-order valence-electron chi connectivity index (χ1n) is 5.41. The fourth-order valence-electron chi connectivity index (χ4n) is 1.79. The molecule has 0 amide bonds. The second-order valence-electron chi connectivity index (χ2n) is 4.19. The van der Waals surface area contributed by atoms with E-state index in [9.17, 15) is 0 Å². The molecule has 0 spiro atoms. The molecule has 0 atom stereocenters. The van der Waals surface area contributed by atoms with E-state index in [0.717, 1.165) is 30.5 Å². The third-order valence-electron chi connectivity index (χ3n) is 2.91. The maximum absolute atomic E-state index is 5.69. The van der Waals surface area contributed by atoms with Crippen molar-refractivity contribution in [1.82, 2.24) is 9.97 Å². The molecule has 82 valence electrons. The first-order chi connectivity index (χ1) is 7.29. The topological polar surface area (TPSA) is 29.0 Å². The van der Waals surface area contributed by atoms with E-state index in [1.54, 1.807) is 0 Å². The van der Waals surface area contributed by atoms with E-state index in [2.05, 4.69) is 21.8 Å². The molecule has 1 aromatic rings. The maximum atomic E-state index is 5.69. The Bertz CT molecular complexity index is 304. The fourth-order valence-corrected chi connectivity index (χ4v) is 1.93. The van der Waals surface area contributed by atoms with Crippen molar-refractivity contribution in [3.8, 4) is 0 Å². The van der Waals surface area contributed by atoms with Crippen LogP contribution in [0.1, 0.15) is 25.3 Å². The monoisotopic (exact) mass is 225 g/mol. The van der Waals surface area contributed by atoms with Crippen molar-refractivity contribution < 1.29 is 0 Å². The predicted octanol–water partition coefficient (Wildman–Crippen LogP) is 2.45. The molecule has 1 aliphatic heterocycles. The van der Waals surface area contributed by atoms with Gasteiger partial charge in [0.2, 0.25) is 5.95 Å². The van der Waals surface area contributed by atoms with Crippen LogP contribution in [0.5, 0.6) is 0 Å². The summed E-state index contributed by atoms with van der Waals surface area (Å²) in [6.45, 7) is 4.44. The number of hydrogen-bond donors (Lipinski definition) is 0. The molecule has 0 saturated carbocycles. The lowest BCUT2D eigenvalue weighted by Crippen LogP contribution is -2.34. The Labute approximate surface area is 95.5 Å². The molecule has 3 nitrogen and oxygen atoms in total. The second-order valence-corrected chi connectivity index (χ2v) is 4.46. The lowest BCUT2D eigenvalue weighted by Gasteiger charge is -2.30. The molecule has 1 fully saturated rings. The van der Waals surface area contributed by atoms with Crippen LogP contribution in [0.4, 0.5) is 5.95 Å². The van der Waals surface area contributed by atoms with Gasteiger partial charge >= 0.3 is 0 Å². The van der Waals surface area contributed by atoms with Crippen molar-refractivity contribution in [2.24, 2.45) is 5.92 Å². The summed E-state index contributed by atoms with van der Waals surface area (Å²) >= 11 is 5.69. The Kier molecular flexibility index (Phi) is 3.41. The number of alkyl halides is 1. The van der Waals surface area contributed by atoms with E-state index >= 15 is 0 Å². The molecule has 4 heteroatoms. The van der Waals surface area contributed by atoms with E-state index in [4.69, 9.17) is 11.6 Å². The normalized spacial score (nSPS) is 18.1. The van der Waals surface area contributed by atoms with Gasteiger partial charge in [-0.15, -0.1) is 11.6 Å². The van der Waals surface area contributed by atoms with Gasteiger partial charge < -0.3 is 4.90 Å². The first-order valence-corrected chi connectivity index (χ1v) is 5.95. The largest absolute Gasteiger partial charge is 0.341 e. The minimum Gasteiger partial charge on any atom is -0.341 e. The van der Waals surface area contributed by atoms with E-state index in [0.29, 0.717) is 5.88 Å². The minimum absolute atomic E-state index is 0.483. The van der Waals surface area contributed by atoms with E-state index in [1.807, 2.05) is 12.4 Å². The molecule has 0 N–H and O–H groups in total. The average molecular weight is 226 g/mol. The molecule has 15 heavy (non-hydrogen) atoms. The highest BCUT2D eigenvalue weighted by atomic mass is 35.5. The smallest absolute Gasteiger partial charge is 0.225 e. The van der Waals surface area contributed by atoms with Crippen LogP contribution in [0.3, 0.4) is 0 Å². The number of piperidine rings is 1. The summed E-state index contributed by atoms with van der Waals surface area (Å²) in [5.41, 5.74) is 0.978. The van der Waals surface area contributed by atoms with Gasteiger partial charge in [0, 0.05) is 31.0 Å². The van der Waals surface area contributed by atoms with Crippen molar-refractivity contribution in [3.63, 3.8) is 0 Å². The summed E-state index contributed by atoms with van der Waals surface area (Å²) < 4.78 is 0. The van der Waals surface area contributed by atoms with E-state index < -0.39 is 0 Å². The van der Waals surface area contributed by atoms with Crippen LogP contribution in [0.2, 0.25) is 0 Å². The zero-order valence-corrected chi connectivity index (χ0v) is 9.74. The van der Waals surface area contributed by atoms with Gasteiger partial charge in [-0.1, -0.05) is 6.92 Å². The average Bonchev–Trinajstić information content (AvgIpc) is 2.30. The number of rotatable bonds is 2. The Balaban J connectivity index is 2.03. The zero-order chi connectivity index (χ0) is 10.7. The van der Waals surface area contributed by atoms with Crippen molar-refractivity contribution in [2.75, 3.05) is 18.0 Å². The van der Waals surface area contributed by atoms with Crippen LogP contribution in [0.15, 0.2) is 12.4 Å². The molecule has 1 aromatic heterocycles. The molecule has 0 unspecified atom stereocenters. The highest BCUT2D eigenvalue weighted by molar-refractivity contribution is 6.17. The minimum atomic E-state index is 0.483. The number of hydrogen-bond acceptors (Lipinski definition) is 3. The van der Waals surface area contributed by atoms with Gasteiger partial charge in [-0.2, -0.15) is 0 Å². The summed E-state index contributed by atoms with van der Waals surface area (Å²) in [6.07, 6.45) is 6.10. The van der Waals surface area contributed by atoms with Crippen molar-refractivity contribution in [1.29, 1.82) is 0 Å². The second kappa shape index (κ2) is 4.79. The Morgan fingerprint density at radius 3 is 2.47 bits per heavy atom. The van der Waals surface area contributed by atoms with Crippen molar-refractivity contribution in [3.05, 3.63) is 18.0 Å². The molecule has 0 aliphatic carbocycles. The molecule has 0 bridgehead atoms. The molecular weight excluding hydrogens is 210 g/mol.